The zero-order valence-electron chi connectivity index (χ0n) is 8.88. The molecule has 0 atom stereocenters. The minimum atomic E-state index is -0.0112. The average Bonchev–Trinajstić information content (AvgIpc) is 2.17. The number of halogens is 1. The van der Waals surface area contributed by atoms with Gasteiger partial charge in [0.25, 0.3) is 0 Å². The Bertz CT molecular complexity index is 385. The summed E-state index contributed by atoms with van der Waals surface area (Å²) in [5.74, 6) is -0.0112. The van der Waals surface area contributed by atoms with Crippen LogP contribution >= 0.6 is 15.9 Å². The van der Waals surface area contributed by atoms with Gasteiger partial charge in [0.15, 0.2) is 0 Å². The molecule has 1 rings (SSSR count). The largest absolute Gasteiger partial charge is 0.353 e. The van der Waals surface area contributed by atoms with Gasteiger partial charge in [0.05, 0.1) is 0 Å². The first kappa shape index (κ1) is 12.0. The highest BCUT2D eigenvalue weighted by molar-refractivity contribution is 9.10. The Morgan fingerprint density at radius 3 is 2.93 bits per heavy atom. The standard InChI is InChI=1S/C12H14BrNO/c1-9-5-6-12(13)11(8-9)4-3-7-14-10(2)15/h3-6,8H,7H2,1-2H3,(H,14,15). The molecule has 1 N–H and O–H groups in total. The predicted octanol–water partition coefficient (Wildman–Crippen LogP) is 2.91. The zero-order chi connectivity index (χ0) is 11.3. The van der Waals surface area contributed by atoms with E-state index in [1.54, 1.807) is 0 Å². The molecule has 0 saturated heterocycles. The highest BCUT2D eigenvalue weighted by Gasteiger charge is 1.95. The van der Waals surface area contributed by atoms with Crippen LogP contribution in [0.5, 0.6) is 0 Å². The SMILES string of the molecule is CC(=O)NCC=Cc1cc(C)ccc1Br. The fourth-order valence-electron chi connectivity index (χ4n) is 1.18. The predicted molar refractivity (Wildman–Crippen MR) is 66.6 cm³/mol. The second-order valence-corrected chi connectivity index (χ2v) is 4.22. The lowest BCUT2D eigenvalue weighted by Crippen LogP contribution is -2.19. The Kier molecular flexibility index (Phi) is 4.56. The molecule has 0 aliphatic heterocycles. The van der Waals surface area contributed by atoms with E-state index in [1.807, 2.05) is 18.2 Å². The maximum atomic E-state index is 10.6. The monoisotopic (exact) mass is 267 g/mol. The first-order valence-electron chi connectivity index (χ1n) is 4.76. The van der Waals surface area contributed by atoms with E-state index in [1.165, 1.54) is 12.5 Å². The highest BCUT2D eigenvalue weighted by atomic mass is 79.9. The Morgan fingerprint density at radius 1 is 1.53 bits per heavy atom. The minimum Gasteiger partial charge on any atom is -0.353 e. The van der Waals surface area contributed by atoms with Crippen LogP contribution in [0, 0.1) is 6.92 Å². The zero-order valence-corrected chi connectivity index (χ0v) is 10.5. The van der Waals surface area contributed by atoms with Gasteiger partial charge in [0.2, 0.25) is 5.91 Å². The smallest absolute Gasteiger partial charge is 0.217 e. The molecule has 0 bridgehead atoms. The molecule has 3 heteroatoms. The molecule has 15 heavy (non-hydrogen) atoms. The van der Waals surface area contributed by atoms with E-state index in [0.29, 0.717) is 6.54 Å². The average molecular weight is 268 g/mol. The Labute approximate surface area is 98.5 Å². The third-order valence-corrected chi connectivity index (χ3v) is 2.64. The molecule has 0 spiro atoms. The van der Waals surface area contributed by atoms with E-state index in [-0.39, 0.29) is 5.91 Å². The van der Waals surface area contributed by atoms with E-state index >= 15 is 0 Å². The fourth-order valence-corrected chi connectivity index (χ4v) is 1.56. The van der Waals surface area contributed by atoms with Crippen LogP contribution in [0.15, 0.2) is 28.7 Å². The van der Waals surface area contributed by atoms with Gasteiger partial charge in [0.1, 0.15) is 0 Å². The number of hydrogen-bond acceptors (Lipinski definition) is 1. The van der Waals surface area contributed by atoms with E-state index < -0.39 is 0 Å². The summed E-state index contributed by atoms with van der Waals surface area (Å²) in [4.78, 5) is 10.6. The van der Waals surface area contributed by atoms with Crippen molar-refractivity contribution in [2.45, 2.75) is 13.8 Å². The molecule has 1 aromatic rings. The van der Waals surface area contributed by atoms with Gasteiger partial charge in [-0.05, 0) is 18.6 Å². The van der Waals surface area contributed by atoms with Crippen molar-refractivity contribution in [2.75, 3.05) is 6.54 Å². The van der Waals surface area contributed by atoms with Gasteiger partial charge < -0.3 is 5.32 Å². The molecule has 0 saturated carbocycles. The van der Waals surface area contributed by atoms with E-state index in [4.69, 9.17) is 0 Å². The van der Waals surface area contributed by atoms with Crippen molar-refractivity contribution in [3.05, 3.63) is 39.9 Å². The molecule has 1 amide bonds. The Hall–Kier alpha value is -1.09. The number of benzene rings is 1. The molecule has 0 unspecified atom stereocenters. The van der Waals surface area contributed by atoms with Crippen molar-refractivity contribution < 1.29 is 4.79 Å². The molecule has 0 aliphatic rings. The molecule has 0 fully saturated rings. The van der Waals surface area contributed by atoms with E-state index in [2.05, 4.69) is 40.3 Å². The fraction of sp³-hybridized carbons (Fsp3) is 0.250. The summed E-state index contributed by atoms with van der Waals surface area (Å²) in [5.41, 5.74) is 2.35. The van der Waals surface area contributed by atoms with Crippen LogP contribution in [-0.4, -0.2) is 12.5 Å². The third kappa shape index (κ3) is 4.30. The van der Waals surface area contributed by atoms with Crippen molar-refractivity contribution in [1.29, 1.82) is 0 Å². The van der Waals surface area contributed by atoms with Gasteiger partial charge in [-0.25, -0.2) is 0 Å². The van der Waals surface area contributed by atoms with Crippen LogP contribution < -0.4 is 5.32 Å². The van der Waals surface area contributed by atoms with Gasteiger partial charge in [-0.3, -0.25) is 4.79 Å². The first-order valence-corrected chi connectivity index (χ1v) is 5.56. The van der Waals surface area contributed by atoms with Gasteiger partial charge >= 0.3 is 0 Å². The number of nitrogens with one attached hydrogen (secondary N) is 1. The van der Waals surface area contributed by atoms with Crippen LogP contribution in [0.1, 0.15) is 18.1 Å². The lowest BCUT2D eigenvalue weighted by Gasteiger charge is -2.00. The summed E-state index contributed by atoms with van der Waals surface area (Å²) < 4.78 is 1.06. The van der Waals surface area contributed by atoms with Crippen molar-refractivity contribution >= 4 is 27.9 Å². The Morgan fingerprint density at radius 2 is 2.27 bits per heavy atom. The summed E-state index contributed by atoms with van der Waals surface area (Å²) in [6.07, 6.45) is 3.92. The molecule has 0 heterocycles. The van der Waals surface area contributed by atoms with Gasteiger partial charge in [-0.1, -0.05) is 45.8 Å². The number of hydrogen-bond donors (Lipinski definition) is 1. The normalized spacial score (nSPS) is 10.6. The van der Waals surface area contributed by atoms with Crippen LogP contribution in [0.3, 0.4) is 0 Å². The molecule has 0 aromatic heterocycles. The van der Waals surface area contributed by atoms with Crippen LogP contribution in [-0.2, 0) is 4.79 Å². The van der Waals surface area contributed by atoms with E-state index in [0.717, 1.165) is 10.0 Å². The molecular weight excluding hydrogens is 254 g/mol. The lowest BCUT2D eigenvalue weighted by molar-refractivity contribution is -0.118. The summed E-state index contributed by atoms with van der Waals surface area (Å²) in [7, 11) is 0. The number of aryl methyl sites for hydroxylation is 1. The lowest BCUT2D eigenvalue weighted by atomic mass is 10.1. The maximum absolute atomic E-state index is 10.6. The molecule has 80 valence electrons. The maximum Gasteiger partial charge on any atom is 0.217 e. The van der Waals surface area contributed by atoms with Gasteiger partial charge in [0, 0.05) is 17.9 Å². The van der Waals surface area contributed by atoms with Crippen molar-refractivity contribution in [2.24, 2.45) is 0 Å². The third-order valence-electron chi connectivity index (χ3n) is 1.92. The Balaban J connectivity index is 2.63. The van der Waals surface area contributed by atoms with Gasteiger partial charge in [-0.15, -0.1) is 0 Å². The summed E-state index contributed by atoms with van der Waals surface area (Å²) in [6, 6.07) is 6.16. The number of carbonyl (C=O) groups is 1. The summed E-state index contributed by atoms with van der Waals surface area (Å²) >= 11 is 3.47. The second kappa shape index (κ2) is 5.71. The topological polar surface area (TPSA) is 29.1 Å². The van der Waals surface area contributed by atoms with Crippen molar-refractivity contribution in [3.8, 4) is 0 Å². The van der Waals surface area contributed by atoms with Crippen LogP contribution in [0.2, 0.25) is 0 Å². The second-order valence-electron chi connectivity index (χ2n) is 3.36. The highest BCUT2D eigenvalue weighted by Crippen LogP contribution is 2.19. The van der Waals surface area contributed by atoms with Crippen molar-refractivity contribution in [3.63, 3.8) is 0 Å². The number of rotatable bonds is 3. The molecule has 0 aliphatic carbocycles. The van der Waals surface area contributed by atoms with Crippen LogP contribution in [0.25, 0.3) is 6.08 Å². The molecule has 0 radical (unpaired) electrons. The first-order chi connectivity index (χ1) is 7.09. The molecule has 1 aromatic carbocycles. The van der Waals surface area contributed by atoms with E-state index in [9.17, 15) is 4.79 Å². The van der Waals surface area contributed by atoms with Gasteiger partial charge in [-0.2, -0.15) is 0 Å². The molecular formula is C12H14BrNO. The number of amides is 1. The number of carbonyl (C=O) groups excluding carboxylic acids is 1. The summed E-state index contributed by atoms with van der Waals surface area (Å²) in [6.45, 7) is 4.13. The van der Waals surface area contributed by atoms with Crippen LogP contribution in [0.4, 0.5) is 0 Å². The quantitative estimate of drug-likeness (QED) is 0.897. The van der Waals surface area contributed by atoms with Crippen molar-refractivity contribution in [1.82, 2.24) is 5.32 Å². The minimum absolute atomic E-state index is 0.0112. The summed E-state index contributed by atoms with van der Waals surface area (Å²) in [5, 5.41) is 2.71. The molecule has 2 nitrogen and oxygen atoms in total.